The van der Waals surface area contributed by atoms with Crippen LogP contribution in [0.2, 0.25) is 0 Å². The largest absolute Gasteiger partial charge is 0.478 e. The fourth-order valence-corrected chi connectivity index (χ4v) is 4.86. The van der Waals surface area contributed by atoms with E-state index in [1.165, 1.54) is 32.1 Å². The molecule has 0 atom stereocenters. The highest BCUT2D eigenvalue weighted by Gasteiger charge is 2.29. The zero-order valence-electron chi connectivity index (χ0n) is 19.6. The van der Waals surface area contributed by atoms with Crippen molar-refractivity contribution in [1.82, 2.24) is 4.90 Å². The summed E-state index contributed by atoms with van der Waals surface area (Å²) >= 11 is 0. The molecule has 1 aliphatic heterocycles. The summed E-state index contributed by atoms with van der Waals surface area (Å²) in [7, 11) is 0. The van der Waals surface area contributed by atoms with Crippen molar-refractivity contribution in [2.75, 3.05) is 13.3 Å². The van der Waals surface area contributed by atoms with E-state index in [9.17, 15) is 9.59 Å². The molecule has 1 saturated carbocycles. The SMILES string of the molecule is CCOC(=O)c1ccc(Oc2c(C)oc3c4c(ccc3c2=O)OCN(C2CCCCC2)C4)cc1. The van der Waals surface area contributed by atoms with Gasteiger partial charge in [0, 0.05) is 12.6 Å². The van der Waals surface area contributed by atoms with Crippen molar-refractivity contribution in [3.63, 3.8) is 0 Å². The van der Waals surface area contributed by atoms with Crippen LogP contribution in [-0.2, 0) is 11.3 Å². The molecule has 0 unspecified atom stereocenters. The smallest absolute Gasteiger partial charge is 0.338 e. The molecule has 0 N–H and O–H groups in total. The highest BCUT2D eigenvalue weighted by molar-refractivity contribution is 5.89. The van der Waals surface area contributed by atoms with Crippen molar-refractivity contribution >= 4 is 16.9 Å². The Morgan fingerprint density at radius 3 is 2.59 bits per heavy atom. The first-order chi connectivity index (χ1) is 16.5. The minimum Gasteiger partial charge on any atom is -0.478 e. The number of fused-ring (bicyclic) bond motifs is 3. The molecular weight excluding hydrogens is 434 g/mol. The van der Waals surface area contributed by atoms with Gasteiger partial charge in [0.15, 0.2) is 0 Å². The lowest BCUT2D eigenvalue weighted by Crippen LogP contribution is -2.41. The maximum Gasteiger partial charge on any atom is 0.338 e. The van der Waals surface area contributed by atoms with Crippen molar-refractivity contribution < 1.29 is 23.4 Å². The molecule has 178 valence electrons. The van der Waals surface area contributed by atoms with E-state index in [4.69, 9.17) is 18.6 Å². The van der Waals surface area contributed by atoms with Gasteiger partial charge in [0.1, 0.15) is 29.6 Å². The van der Waals surface area contributed by atoms with Gasteiger partial charge in [-0.1, -0.05) is 19.3 Å². The van der Waals surface area contributed by atoms with Crippen LogP contribution in [-0.4, -0.2) is 30.2 Å². The highest BCUT2D eigenvalue weighted by atomic mass is 16.5. The zero-order valence-corrected chi connectivity index (χ0v) is 19.6. The summed E-state index contributed by atoms with van der Waals surface area (Å²) in [5, 5.41) is 0.469. The summed E-state index contributed by atoms with van der Waals surface area (Å²) in [6, 6.07) is 10.6. The Morgan fingerprint density at radius 1 is 1.09 bits per heavy atom. The molecule has 0 spiro atoms. The molecule has 1 fully saturated rings. The van der Waals surface area contributed by atoms with Crippen molar-refractivity contribution in [2.24, 2.45) is 0 Å². The first kappa shape index (κ1) is 22.5. The molecule has 34 heavy (non-hydrogen) atoms. The number of rotatable bonds is 5. The van der Waals surface area contributed by atoms with E-state index in [0.717, 1.165) is 11.3 Å². The molecule has 7 nitrogen and oxygen atoms in total. The minimum absolute atomic E-state index is 0.136. The molecule has 3 aromatic rings. The van der Waals surface area contributed by atoms with Crippen LogP contribution in [0.4, 0.5) is 0 Å². The Balaban J connectivity index is 1.44. The van der Waals surface area contributed by atoms with Crippen LogP contribution in [0.1, 0.15) is 60.7 Å². The van der Waals surface area contributed by atoms with E-state index < -0.39 is 5.97 Å². The molecule has 0 amide bonds. The van der Waals surface area contributed by atoms with E-state index in [2.05, 4.69) is 4.90 Å². The third-order valence-corrected chi connectivity index (χ3v) is 6.67. The second-order valence-corrected chi connectivity index (χ2v) is 8.89. The average molecular weight is 464 g/mol. The van der Waals surface area contributed by atoms with Gasteiger partial charge < -0.3 is 18.6 Å². The molecule has 1 aliphatic carbocycles. The van der Waals surface area contributed by atoms with Crippen LogP contribution >= 0.6 is 0 Å². The Bertz CT molecular complexity index is 1260. The summed E-state index contributed by atoms with van der Waals surface area (Å²) in [5.41, 5.74) is 1.67. The fourth-order valence-electron chi connectivity index (χ4n) is 4.86. The molecule has 2 aliphatic rings. The van der Waals surface area contributed by atoms with Gasteiger partial charge in [0.05, 0.1) is 23.1 Å². The van der Waals surface area contributed by atoms with E-state index in [0.29, 0.717) is 54.0 Å². The predicted octanol–water partition coefficient (Wildman–Crippen LogP) is 5.56. The Hall–Kier alpha value is -3.32. The van der Waals surface area contributed by atoms with Crippen LogP contribution in [0.3, 0.4) is 0 Å². The summed E-state index contributed by atoms with van der Waals surface area (Å²) in [5.74, 6) is 1.34. The number of nitrogens with zero attached hydrogens (tertiary/aromatic N) is 1. The second kappa shape index (κ2) is 9.50. The maximum absolute atomic E-state index is 13.4. The Morgan fingerprint density at radius 2 is 1.85 bits per heavy atom. The lowest BCUT2D eigenvalue weighted by atomic mass is 9.93. The monoisotopic (exact) mass is 463 g/mol. The summed E-state index contributed by atoms with van der Waals surface area (Å²) in [6.45, 7) is 5.06. The van der Waals surface area contributed by atoms with Gasteiger partial charge in [0.2, 0.25) is 11.2 Å². The summed E-state index contributed by atoms with van der Waals surface area (Å²) < 4.78 is 23.1. The fraction of sp³-hybridized carbons (Fsp3) is 0.407. The van der Waals surface area contributed by atoms with Crippen LogP contribution < -0.4 is 14.9 Å². The third kappa shape index (κ3) is 4.28. The number of hydrogen-bond donors (Lipinski definition) is 0. The average Bonchev–Trinajstić information content (AvgIpc) is 2.87. The minimum atomic E-state index is -0.398. The molecule has 0 radical (unpaired) electrons. The van der Waals surface area contributed by atoms with E-state index in [1.54, 1.807) is 44.2 Å². The number of hydrogen-bond acceptors (Lipinski definition) is 7. The number of esters is 1. The summed E-state index contributed by atoms with van der Waals surface area (Å²) in [6.07, 6.45) is 6.16. The molecule has 7 heteroatoms. The maximum atomic E-state index is 13.4. The van der Waals surface area contributed by atoms with Gasteiger partial charge in [-0.2, -0.15) is 0 Å². The van der Waals surface area contributed by atoms with Crippen molar-refractivity contribution in [3.8, 4) is 17.2 Å². The number of ether oxygens (including phenoxy) is 3. The first-order valence-electron chi connectivity index (χ1n) is 12.0. The number of carbonyl (C=O) groups excluding carboxylic acids is 1. The molecule has 2 heterocycles. The van der Waals surface area contributed by atoms with Crippen molar-refractivity contribution in [2.45, 2.75) is 58.5 Å². The Kier molecular flexibility index (Phi) is 6.28. The van der Waals surface area contributed by atoms with Crippen LogP contribution in [0.15, 0.2) is 45.6 Å². The number of aryl methyl sites for hydroxylation is 1. The third-order valence-electron chi connectivity index (χ3n) is 6.67. The molecule has 2 aromatic carbocycles. The first-order valence-corrected chi connectivity index (χ1v) is 12.0. The van der Waals surface area contributed by atoms with Gasteiger partial charge in [0.25, 0.3) is 0 Å². The predicted molar refractivity (Wildman–Crippen MR) is 128 cm³/mol. The molecule has 5 rings (SSSR count). The van der Waals surface area contributed by atoms with E-state index in [1.807, 2.05) is 6.07 Å². The van der Waals surface area contributed by atoms with Gasteiger partial charge >= 0.3 is 5.97 Å². The lowest BCUT2D eigenvalue weighted by Gasteiger charge is -2.37. The summed E-state index contributed by atoms with van der Waals surface area (Å²) in [4.78, 5) is 27.6. The van der Waals surface area contributed by atoms with Gasteiger partial charge in [-0.05, 0) is 63.1 Å². The van der Waals surface area contributed by atoms with Crippen LogP contribution in [0.5, 0.6) is 17.2 Å². The van der Waals surface area contributed by atoms with E-state index in [-0.39, 0.29) is 11.2 Å². The quantitative estimate of drug-likeness (QED) is 0.459. The van der Waals surface area contributed by atoms with Crippen LogP contribution in [0, 0.1) is 6.92 Å². The molecule has 0 saturated heterocycles. The highest BCUT2D eigenvalue weighted by Crippen LogP contribution is 2.36. The standard InChI is InChI=1S/C27H29NO6/c1-3-31-27(30)18-9-11-20(12-10-18)34-25-17(2)33-26-21(24(25)29)13-14-23-22(26)15-28(16-32-23)19-7-5-4-6-8-19/h9-14,19H,3-8,15-16H2,1-2H3. The zero-order chi connectivity index (χ0) is 23.7. The van der Waals surface area contributed by atoms with Crippen molar-refractivity contribution in [3.05, 3.63) is 63.5 Å². The van der Waals surface area contributed by atoms with Gasteiger partial charge in [-0.25, -0.2) is 4.79 Å². The molecule has 0 bridgehead atoms. The number of benzene rings is 2. The van der Waals surface area contributed by atoms with Gasteiger partial charge in [-0.3, -0.25) is 9.69 Å². The van der Waals surface area contributed by atoms with Gasteiger partial charge in [-0.15, -0.1) is 0 Å². The number of carbonyl (C=O) groups is 1. The van der Waals surface area contributed by atoms with Crippen LogP contribution in [0.25, 0.3) is 11.0 Å². The molecular formula is C27H29NO6. The normalized spacial score (nSPS) is 16.6. The van der Waals surface area contributed by atoms with E-state index >= 15 is 0 Å². The second-order valence-electron chi connectivity index (χ2n) is 8.89. The molecule has 1 aromatic heterocycles. The Labute approximate surface area is 198 Å². The van der Waals surface area contributed by atoms with Crippen molar-refractivity contribution in [1.29, 1.82) is 0 Å². The topological polar surface area (TPSA) is 78.2 Å². The lowest BCUT2D eigenvalue weighted by molar-refractivity contribution is 0.0406.